The molecule has 120 valence electrons. The molecule has 6 heteroatoms. The van der Waals surface area contributed by atoms with Crippen molar-refractivity contribution >= 4 is 28.5 Å². The molecule has 0 radical (unpaired) electrons. The summed E-state index contributed by atoms with van der Waals surface area (Å²) in [7, 11) is 0. The second kappa shape index (κ2) is 5.46. The van der Waals surface area contributed by atoms with Gasteiger partial charge in [-0.05, 0) is 24.3 Å². The van der Waals surface area contributed by atoms with Gasteiger partial charge in [0.05, 0.1) is 17.4 Å². The van der Waals surface area contributed by atoms with Crippen LogP contribution in [0.2, 0.25) is 5.02 Å². The molecule has 24 heavy (non-hydrogen) atoms. The SMILES string of the molecule is O=C1C[C@H](c2c(F)cccc2Cl)c2c(c3ccccc3oc2=O)O1. The van der Waals surface area contributed by atoms with Crippen molar-refractivity contribution in [1.82, 2.24) is 0 Å². The Bertz CT molecular complexity index is 1020. The normalized spacial score (nSPS) is 16.8. The number of hydrogen-bond acceptors (Lipinski definition) is 4. The van der Waals surface area contributed by atoms with E-state index in [4.69, 9.17) is 20.8 Å². The van der Waals surface area contributed by atoms with E-state index in [2.05, 4.69) is 0 Å². The average molecular weight is 345 g/mol. The molecule has 0 amide bonds. The summed E-state index contributed by atoms with van der Waals surface area (Å²) < 4.78 is 24.9. The third kappa shape index (κ3) is 2.20. The van der Waals surface area contributed by atoms with Gasteiger partial charge in [-0.3, -0.25) is 4.79 Å². The molecule has 2 aromatic carbocycles. The molecule has 0 N–H and O–H groups in total. The fourth-order valence-electron chi connectivity index (χ4n) is 3.06. The summed E-state index contributed by atoms with van der Waals surface area (Å²) in [6, 6.07) is 10.9. The van der Waals surface area contributed by atoms with E-state index >= 15 is 0 Å². The van der Waals surface area contributed by atoms with Crippen molar-refractivity contribution in [3.63, 3.8) is 0 Å². The van der Waals surface area contributed by atoms with Gasteiger partial charge in [-0.1, -0.05) is 29.8 Å². The number of benzene rings is 2. The predicted molar refractivity (Wildman–Crippen MR) is 86.0 cm³/mol. The topological polar surface area (TPSA) is 56.5 Å². The third-order valence-corrected chi connectivity index (χ3v) is 4.41. The highest BCUT2D eigenvalue weighted by Gasteiger charge is 2.36. The maximum Gasteiger partial charge on any atom is 0.343 e. The number of hydrogen-bond donors (Lipinski definition) is 0. The van der Waals surface area contributed by atoms with E-state index in [-0.39, 0.29) is 28.3 Å². The van der Waals surface area contributed by atoms with Crippen LogP contribution in [0.3, 0.4) is 0 Å². The molecule has 1 aromatic heterocycles. The molecule has 4 rings (SSSR count). The van der Waals surface area contributed by atoms with Crippen LogP contribution in [0.4, 0.5) is 4.39 Å². The van der Waals surface area contributed by atoms with Crippen LogP contribution in [0, 0.1) is 5.82 Å². The van der Waals surface area contributed by atoms with Gasteiger partial charge in [0.2, 0.25) is 0 Å². The zero-order valence-corrected chi connectivity index (χ0v) is 13.0. The van der Waals surface area contributed by atoms with Crippen molar-refractivity contribution in [3.8, 4) is 5.75 Å². The third-order valence-electron chi connectivity index (χ3n) is 4.08. The van der Waals surface area contributed by atoms with E-state index in [1.54, 1.807) is 24.3 Å². The summed E-state index contributed by atoms with van der Waals surface area (Å²) in [4.78, 5) is 24.5. The van der Waals surface area contributed by atoms with Crippen molar-refractivity contribution in [2.24, 2.45) is 0 Å². The standard InChI is InChI=1S/C18H10ClFO4/c19-11-5-3-6-12(20)15(11)10-8-14(21)24-17-9-4-1-2-7-13(9)23-18(22)16(10)17/h1-7,10H,8H2/t10-/m1/s1. The first kappa shape index (κ1) is 14.9. The molecular formula is C18H10ClFO4. The number of halogens is 2. The van der Waals surface area contributed by atoms with Gasteiger partial charge in [0, 0.05) is 16.5 Å². The highest BCUT2D eigenvalue weighted by Crippen LogP contribution is 2.43. The van der Waals surface area contributed by atoms with E-state index in [0.717, 1.165) is 0 Å². The Morgan fingerprint density at radius 1 is 1.04 bits per heavy atom. The Labute approximate surface area is 140 Å². The Kier molecular flexibility index (Phi) is 3.39. The monoisotopic (exact) mass is 344 g/mol. The summed E-state index contributed by atoms with van der Waals surface area (Å²) in [6.07, 6.45) is -0.184. The largest absolute Gasteiger partial charge is 0.425 e. The van der Waals surface area contributed by atoms with Gasteiger partial charge in [-0.2, -0.15) is 0 Å². The molecule has 2 heterocycles. The van der Waals surface area contributed by atoms with E-state index in [0.29, 0.717) is 11.0 Å². The number of carbonyl (C=O) groups excluding carboxylic acids is 1. The zero-order valence-electron chi connectivity index (χ0n) is 12.2. The van der Waals surface area contributed by atoms with Crippen molar-refractivity contribution < 1.29 is 18.3 Å². The molecule has 4 nitrogen and oxygen atoms in total. The Morgan fingerprint density at radius 3 is 2.62 bits per heavy atom. The number of ether oxygens (including phenoxy) is 1. The minimum atomic E-state index is -0.851. The van der Waals surface area contributed by atoms with Crippen LogP contribution in [0.5, 0.6) is 5.75 Å². The Hall–Kier alpha value is -2.66. The lowest BCUT2D eigenvalue weighted by molar-refractivity contribution is -0.135. The van der Waals surface area contributed by atoms with E-state index in [1.807, 2.05) is 0 Å². The Balaban J connectivity index is 2.07. The van der Waals surface area contributed by atoms with E-state index < -0.39 is 23.3 Å². The lowest BCUT2D eigenvalue weighted by atomic mass is 9.86. The molecule has 0 saturated heterocycles. The first-order valence-electron chi connectivity index (χ1n) is 7.26. The van der Waals surface area contributed by atoms with Gasteiger partial charge in [0.25, 0.3) is 0 Å². The Morgan fingerprint density at radius 2 is 1.83 bits per heavy atom. The molecular weight excluding hydrogens is 335 g/mol. The number of fused-ring (bicyclic) bond motifs is 3. The molecule has 0 spiro atoms. The number of esters is 1. The van der Waals surface area contributed by atoms with Crippen molar-refractivity contribution in [3.05, 3.63) is 74.9 Å². The van der Waals surface area contributed by atoms with Crippen LogP contribution in [-0.2, 0) is 4.79 Å². The molecule has 0 saturated carbocycles. The van der Waals surface area contributed by atoms with Crippen molar-refractivity contribution in [1.29, 1.82) is 0 Å². The van der Waals surface area contributed by atoms with Gasteiger partial charge in [-0.25, -0.2) is 9.18 Å². The minimum absolute atomic E-state index is 0.0969. The molecule has 0 bridgehead atoms. The van der Waals surface area contributed by atoms with Crippen LogP contribution in [-0.4, -0.2) is 5.97 Å². The van der Waals surface area contributed by atoms with Crippen molar-refractivity contribution in [2.75, 3.05) is 0 Å². The molecule has 0 aliphatic carbocycles. The van der Waals surface area contributed by atoms with Gasteiger partial charge in [0.1, 0.15) is 11.4 Å². The minimum Gasteiger partial charge on any atom is -0.425 e. The summed E-state index contributed by atoms with van der Waals surface area (Å²) in [5.74, 6) is -1.87. The quantitative estimate of drug-likeness (QED) is 0.494. The summed E-state index contributed by atoms with van der Waals surface area (Å²) >= 11 is 6.12. The summed E-state index contributed by atoms with van der Waals surface area (Å²) in [5.41, 5.74) is -0.158. The van der Waals surface area contributed by atoms with E-state index in [9.17, 15) is 14.0 Å². The molecule has 1 aliphatic rings. The van der Waals surface area contributed by atoms with Crippen LogP contribution in [0.1, 0.15) is 23.5 Å². The lowest BCUT2D eigenvalue weighted by Gasteiger charge is -2.25. The van der Waals surface area contributed by atoms with Gasteiger partial charge in [-0.15, -0.1) is 0 Å². The van der Waals surface area contributed by atoms with E-state index in [1.165, 1.54) is 18.2 Å². The number of para-hydroxylation sites is 1. The number of carbonyl (C=O) groups is 1. The van der Waals surface area contributed by atoms with Crippen LogP contribution in [0.25, 0.3) is 11.0 Å². The maximum atomic E-state index is 14.3. The zero-order chi connectivity index (χ0) is 16.8. The molecule has 3 aromatic rings. The lowest BCUT2D eigenvalue weighted by Crippen LogP contribution is -2.27. The average Bonchev–Trinajstić information content (AvgIpc) is 2.54. The second-order valence-electron chi connectivity index (χ2n) is 5.49. The highest BCUT2D eigenvalue weighted by atomic mass is 35.5. The molecule has 0 fully saturated rings. The predicted octanol–water partition coefficient (Wildman–Crippen LogP) is 4.03. The van der Waals surface area contributed by atoms with Gasteiger partial charge in [0.15, 0.2) is 5.75 Å². The second-order valence-corrected chi connectivity index (χ2v) is 5.90. The summed E-state index contributed by atoms with van der Waals surface area (Å²) in [6.45, 7) is 0. The first-order valence-corrected chi connectivity index (χ1v) is 7.64. The number of rotatable bonds is 1. The smallest absolute Gasteiger partial charge is 0.343 e. The van der Waals surface area contributed by atoms with Gasteiger partial charge < -0.3 is 9.15 Å². The van der Waals surface area contributed by atoms with Crippen LogP contribution >= 0.6 is 11.6 Å². The van der Waals surface area contributed by atoms with Gasteiger partial charge >= 0.3 is 11.6 Å². The molecule has 0 unspecified atom stereocenters. The van der Waals surface area contributed by atoms with Crippen LogP contribution in [0.15, 0.2) is 51.7 Å². The molecule has 1 aliphatic heterocycles. The van der Waals surface area contributed by atoms with Crippen LogP contribution < -0.4 is 10.4 Å². The fourth-order valence-corrected chi connectivity index (χ4v) is 3.36. The fraction of sp³-hybridized carbons (Fsp3) is 0.111. The first-order chi connectivity index (χ1) is 11.6. The molecule has 1 atom stereocenters. The summed E-state index contributed by atoms with van der Waals surface area (Å²) in [5, 5.41) is 0.630. The van der Waals surface area contributed by atoms with Crippen molar-refractivity contribution in [2.45, 2.75) is 12.3 Å². The maximum absolute atomic E-state index is 14.3. The highest BCUT2D eigenvalue weighted by molar-refractivity contribution is 6.31.